The highest BCUT2D eigenvalue weighted by Crippen LogP contribution is 2.17. The lowest BCUT2D eigenvalue weighted by Crippen LogP contribution is -2.47. The number of hydrazine groups is 1. The van der Waals surface area contributed by atoms with Crippen LogP contribution in [0.3, 0.4) is 0 Å². The molecule has 0 saturated carbocycles. The van der Waals surface area contributed by atoms with Crippen molar-refractivity contribution < 1.29 is 23.5 Å². The van der Waals surface area contributed by atoms with Crippen LogP contribution in [0.4, 0.5) is 4.39 Å². The summed E-state index contributed by atoms with van der Waals surface area (Å²) in [4.78, 5) is 37.5. The highest BCUT2D eigenvalue weighted by Gasteiger charge is 2.20. The Hall–Kier alpha value is -4.00. The number of ether oxygens (including phenoxy) is 1. The van der Waals surface area contributed by atoms with Crippen molar-refractivity contribution in [1.29, 1.82) is 0 Å². The first-order valence-corrected chi connectivity index (χ1v) is 9.17. The molecule has 0 saturated heterocycles. The molecule has 0 aliphatic heterocycles. The van der Waals surface area contributed by atoms with E-state index in [1.54, 1.807) is 48.5 Å². The molecule has 0 aromatic heterocycles. The minimum Gasteiger partial charge on any atom is -0.478 e. The van der Waals surface area contributed by atoms with Gasteiger partial charge in [-0.3, -0.25) is 25.2 Å². The Bertz CT molecular complexity index is 1070. The highest BCUT2D eigenvalue weighted by molar-refractivity contribution is 6.15. The number of benzene rings is 3. The van der Waals surface area contributed by atoms with Gasteiger partial charge in [-0.2, -0.15) is 0 Å². The summed E-state index contributed by atoms with van der Waals surface area (Å²) >= 11 is 0. The van der Waals surface area contributed by atoms with Gasteiger partial charge in [-0.05, 0) is 25.1 Å². The Labute approximate surface area is 172 Å². The molecule has 2 amide bonds. The molecule has 0 aliphatic rings. The molecule has 0 fully saturated rings. The van der Waals surface area contributed by atoms with Crippen molar-refractivity contribution in [3.05, 3.63) is 101 Å². The van der Waals surface area contributed by atoms with E-state index in [-0.39, 0.29) is 22.7 Å². The van der Waals surface area contributed by atoms with Gasteiger partial charge in [0, 0.05) is 11.1 Å². The second-order valence-electron chi connectivity index (χ2n) is 6.37. The first-order valence-electron chi connectivity index (χ1n) is 9.17. The number of carbonyl (C=O) groups excluding carboxylic acids is 3. The van der Waals surface area contributed by atoms with Crippen LogP contribution in [0.25, 0.3) is 0 Å². The molecule has 6 nitrogen and oxygen atoms in total. The molecular formula is C23H19FN2O4. The van der Waals surface area contributed by atoms with E-state index in [1.807, 2.05) is 0 Å². The van der Waals surface area contributed by atoms with E-state index < -0.39 is 23.7 Å². The molecule has 152 valence electrons. The van der Waals surface area contributed by atoms with E-state index in [1.165, 1.54) is 37.3 Å². The summed E-state index contributed by atoms with van der Waals surface area (Å²) in [5, 5.41) is 0. The molecule has 0 aliphatic carbocycles. The Morgan fingerprint density at radius 3 is 2.10 bits per heavy atom. The quantitative estimate of drug-likeness (QED) is 0.486. The smallest absolute Gasteiger partial charge is 0.279 e. The topological polar surface area (TPSA) is 84.5 Å². The molecule has 0 bridgehead atoms. The lowest BCUT2D eigenvalue weighted by Gasteiger charge is -2.16. The molecule has 1 unspecified atom stereocenters. The predicted molar refractivity (Wildman–Crippen MR) is 108 cm³/mol. The maximum Gasteiger partial charge on any atom is 0.279 e. The molecule has 30 heavy (non-hydrogen) atoms. The van der Waals surface area contributed by atoms with Crippen LogP contribution in [0.2, 0.25) is 0 Å². The van der Waals surface area contributed by atoms with Gasteiger partial charge in [0.25, 0.3) is 11.8 Å². The zero-order valence-corrected chi connectivity index (χ0v) is 16.1. The van der Waals surface area contributed by atoms with Crippen LogP contribution >= 0.6 is 0 Å². The summed E-state index contributed by atoms with van der Waals surface area (Å²) in [6.45, 7) is 1.42. The first-order chi connectivity index (χ1) is 14.5. The maximum atomic E-state index is 13.7. The molecule has 3 aromatic rings. The summed E-state index contributed by atoms with van der Waals surface area (Å²) in [5.74, 6) is -2.34. The number of carbonyl (C=O) groups is 3. The molecule has 3 rings (SSSR count). The third kappa shape index (κ3) is 4.88. The summed E-state index contributed by atoms with van der Waals surface area (Å²) in [6.07, 6.45) is -1.07. The molecule has 2 N–H and O–H groups in total. The minimum absolute atomic E-state index is 0.0784. The van der Waals surface area contributed by atoms with Crippen LogP contribution < -0.4 is 15.6 Å². The van der Waals surface area contributed by atoms with Crippen LogP contribution in [0, 0.1) is 5.82 Å². The third-order valence-corrected chi connectivity index (χ3v) is 4.26. The van der Waals surface area contributed by atoms with Crippen LogP contribution in [-0.4, -0.2) is 23.7 Å². The number of nitrogens with one attached hydrogen (secondary N) is 2. The molecule has 0 radical (unpaired) electrons. The normalized spacial score (nSPS) is 11.3. The van der Waals surface area contributed by atoms with Crippen molar-refractivity contribution in [2.45, 2.75) is 13.0 Å². The van der Waals surface area contributed by atoms with Crippen molar-refractivity contribution in [3.63, 3.8) is 0 Å². The van der Waals surface area contributed by atoms with E-state index in [0.29, 0.717) is 5.56 Å². The van der Waals surface area contributed by atoms with Crippen molar-refractivity contribution in [3.8, 4) is 5.75 Å². The Kier molecular flexibility index (Phi) is 6.54. The Balaban J connectivity index is 1.66. The molecule has 3 aromatic carbocycles. The summed E-state index contributed by atoms with van der Waals surface area (Å²) < 4.78 is 18.9. The van der Waals surface area contributed by atoms with Crippen LogP contribution in [-0.2, 0) is 4.79 Å². The number of hydrogen-bond donors (Lipinski definition) is 2. The number of hydrogen-bond acceptors (Lipinski definition) is 4. The average molecular weight is 406 g/mol. The number of ketones is 1. The standard InChI is InChI=1S/C23H19FN2O4/c1-15(30-20-14-8-7-13-19(20)24)22(28)25-26-23(29)18-12-6-5-11-17(18)21(27)16-9-3-2-4-10-16/h2-15H,1H3,(H,25,28)(H,26,29). The van der Waals surface area contributed by atoms with Gasteiger partial charge in [0.15, 0.2) is 23.5 Å². The third-order valence-electron chi connectivity index (χ3n) is 4.26. The van der Waals surface area contributed by atoms with Gasteiger partial charge >= 0.3 is 0 Å². The van der Waals surface area contributed by atoms with Crippen LogP contribution in [0.5, 0.6) is 5.75 Å². The SMILES string of the molecule is CC(Oc1ccccc1F)C(=O)NNC(=O)c1ccccc1C(=O)c1ccccc1. The summed E-state index contributed by atoms with van der Waals surface area (Å²) in [6, 6.07) is 20.5. The summed E-state index contributed by atoms with van der Waals surface area (Å²) in [5.41, 5.74) is 5.24. The molecule has 7 heteroatoms. The van der Waals surface area contributed by atoms with Crippen molar-refractivity contribution in [2.75, 3.05) is 0 Å². The molecule has 0 heterocycles. The van der Waals surface area contributed by atoms with Crippen molar-refractivity contribution in [2.24, 2.45) is 0 Å². The molecule has 0 spiro atoms. The number of halogens is 1. The predicted octanol–water partition coefficient (Wildman–Crippen LogP) is 3.29. The van der Waals surface area contributed by atoms with Gasteiger partial charge in [-0.1, -0.05) is 60.7 Å². The molecule has 1 atom stereocenters. The van der Waals surface area contributed by atoms with E-state index in [4.69, 9.17) is 4.74 Å². The van der Waals surface area contributed by atoms with Gasteiger partial charge < -0.3 is 4.74 Å². The fourth-order valence-electron chi connectivity index (χ4n) is 2.70. The fourth-order valence-corrected chi connectivity index (χ4v) is 2.70. The lowest BCUT2D eigenvalue weighted by molar-refractivity contribution is -0.128. The number of para-hydroxylation sites is 1. The zero-order valence-electron chi connectivity index (χ0n) is 16.1. The largest absolute Gasteiger partial charge is 0.478 e. The second kappa shape index (κ2) is 9.47. The van der Waals surface area contributed by atoms with Crippen LogP contribution in [0.15, 0.2) is 78.9 Å². The number of amides is 2. The van der Waals surface area contributed by atoms with Gasteiger partial charge in [-0.15, -0.1) is 0 Å². The minimum atomic E-state index is -1.07. The Morgan fingerprint density at radius 1 is 0.800 bits per heavy atom. The van der Waals surface area contributed by atoms with E-state index in [2.05, 4.69) is 10.9 Å². The lowest BCUT2D eigenvalue weighted by atomic mass is 9.98. The zero-order chi connectivity index (χ0) is 21.5. The first kappa shape index (κ1) is 20.7. The number of rotatable bonds is 6. The maximum absolute atomic E-state index is 13.7. The summed E-state index contributed by atoms with van der Waals surface area (Å²) in [7, 11) is 0. The van der Waals surface area contributed by atoms with E-state index in [9.17, 15) is 18.8 Å². The van der Waals surface area contributed by atoms with Gasteiger partial charge in [0.1, 0.15) is 0 Å². The second-order valence-corrected chi connectivity index (χ2v) is 6.37. The van der Waals surface area contributed by atoms with Crippen LogP contribution in [0.1, 0.15) is 33.2 Å². The van der Waals surface area contributed by atoms with Crippen molar-refractivity contribution >= 4 is 17.6 Å². The highest BCUT2D eigenvalue weighted by atomic mass is 19.1. The Morgan fingerprint density at radius 2 is 1.40 bits per heavy atom. The van der Waals surface area contributed by atoms with Gasteiger partial charge in [0.05, 0.1) is 5.56 Å². The van der Waals surface area contributed by atoms with E-state index >= 15 is 0 Å². The van der Waals surface area contributed by atoms with Gasteiger partial charge in [0.2, 0.25) is 0 Å². The average Bonchev–Trinajstić information content (AvgIpc) is 2.78. The fraction of sp³-hybridized carbons (Fsp3) is 0.0870. The van der Waals surface area contributed by atoms with Gasteiger partial charge in [-0.25, -0.2) is 4.39 Å². The van der Waals surface area contributed by atoms with E-state index in [0.717, 1.165) is 0 Å². The molecular weight excluding hydrogens is 387 g/mol. The monoisotopic (exact) mass is 406 g/mol. The van der Waals surface area contributed by atoms with Crippen molar-refractivity contribution in [1.82, 2.24) is 10.9 Å².